The average molecular weight is 378 g/mol. The number of carbonyl (C=O) groups excluding carboxylic acids is 2. The molecule has 2 saturated heterocycles. The molecule has 2 aliphatic rings. The summed E-state index contributed by atoms with van der Waals surface area (Å²) in [5, 5.41) is 0. The molecule has 0 spiro atoms. The summed E-state index contributed by atoms with van der Waals surface area (Å²) in [6.45, 7) is 3.01. The lowest BCUT2D eigenvalue weighted by atomic mass is 10.0. The summed E-state index contributed by atoms with van der Waals surface area (Å²) >= 11 is 0. The first-order valence-electron chi connectivity index (χ1n) is 9.54. The van der Waals surface area contributed by atoms with Gasteiger partial charge in [-0.25, -0.2) is 4.39 Å². The van der Waals surface area contributed by atoms with Crippen molar-refractivity contribution in [1.29, 1.82) is 0 Å². The Labute approximate surface area is 159 Å². The van der Waals surface area contributed by atoms with Gasteiger partial charge in [0.1, 0.15) is 17.7 Å². The summed E-state index contributed by atoms with van der Waals surface area (Å²) in [6.07, 6.45) is 2.59. The van der Waals surface area contributed by atoms with E-state index < -0.39 is 0 Å². The molecule has 27 heavy (non-hydrogen) atoms. The van der Waals surface area contributed by atoms with E-state index in [-0.39, 0.29) is 29.7 Å². The van der Waals surface area contributed by atoms with Gasteiger partial charge in [-0.2, -0.15) is 0 Å². The van der Waals surface area contributed by atoms with Gasteiger partial charge in [-0.1, -0.05) is 0 Å². The third-order valence-corrected chi connectivity index (χ3v) is 5.21. The second-order valence-electron chi connectivity index (χ2n) is 7.18. The number of methoxy groups -OCH3 is 1. The molecule has 2 heterocycles. The van der Waals surface area contributed by atoms with Crippen LogP contribution in [-0.4, -0.2) is 67.6 Å². The van der Waals surface area contributed by atoms with E-state index >= 15 is 0 Å². The number of ether oxygens (including phenoxy) is 2. The Balaban J connectivity index is 1.44. The van der Waals surface area contributed by atoms with Crippen molar-refractivity contribution >= 4 is 11.8 Å². The van der Waals surface area contributed by atoms with Crippen LogP contribution in [0.1, 0.15) is 25.7 Å². The Hall–Kier alpha value is -2.15. The Morgan fingerprint density at radius 1 is 1.22 bits per heavy atom. The maximum Gasteiger partial charge on any atom is 0.227 e. The lowest BCUT2D eigenvalue weighted by Gasteiger charge is -2.33. The Morgan fingerprint density at radius 2 is 1.93 bits per heavy atom. The minimum absolute atomic E-state index is 0.0234. The van der Waals surface area contributed by atoms with Gasteiger partial charge in [0, 0.05) is 59.2 Å². The summed E-state index contributed by atoms with van der Waals surface area (Å²) in [5.74, 6) is 0.242. The van der Waals surface area contributed by atoms with Gasteiger partial charge >= 0.3 is 0 Å². The van der Waals surface area contributed by atoms with E-state index in [1.54, 1.807) is 24.1 Å². The number of likely N-dealkylation sites (tertiary alicyclic amines) is 2. The van der Waals surface area contributed by atoms with Crippen LogP contribution in [-0.2, 0) is 14.3 Å². The van der Waals surface area contributed by atoms with Gasteiger partial charge in [-0.3, -0.25) is 9.59 Å². The molecule has 0 radical (unpaired) electrons. The first kappa shape index (κ1) is 19.6. The lowest BCUT2D eigenvalue weighted by molar-refractivity contribution is -0.137. The fourth-order valence-electron chi connectivity index (χ4n) is 3.71. The maximum atomic E-state index is 13.0. The van der Waals surface area contributed by atoms with Crippen LogP contribution in [0.25, 0.3) is 0 Å². The molecule has 2 fully saturated rings. The van der Waals surface area contributed by atoms with E-state index in [1.807, 2.05) is 4.90 Å². The van der Waals surface area contributed by atoms with Gasteiger partial charge in [-0.05, 0) is 30.7 Å². The molecule has 0 aromatic heterocycles. The highest BCUT2D eigenvalue weighted by atomic mass is 19.1. The third-order valence-electron chi connectivity index (χ3n) is 5.21. The van der Waals surface area contributed by atoms with Crippen molar-refractivity contribution in [3.05, 3.63) is 30.1 Å². The van der Waals surface area contributed by atoms with Crippen molar-refractivity contribution in [1.82, 2.24) is 9.80 Å². The Bertz CT molecular complexity index is 644. The van der Waals surface area contributed by atoms with Gasteiger partial charge in [0.05, 0.1) is 5.92 Å². The van der Waals surface area contributed by atoms with Crippen LogP contribution in [0, 0.1) is 11.7 Å². The molecule has 6 nitrogen and oxygen atoms in total. The molecule has 148 valence electrons. The fourth-order valence-corrected chi connectivity index (χ4v) is 3.71. The monoisotopic (exact) mass is 378 g/mol. The number of benzene rings is 1. The minimum atomic E-state index is -0.287. The van der Waals surface area contributed by atoms with Crippen LogP contribution in [0.3, 0.4) is 0 Å². The number of rotatable bonds is 7. The summed E-state index contributed by atoms with van der Waals surface area (Å²) in [7, 11) is 1.64. The molecule has 2 aliphatic heterocycles. The maximum absolute atomic E-state index is 13.0. The smallest absolute Gasteiger partial charge is 0.227 e. The molecule has 0 aliphatic carbocycles. The highest BCUT2D eigenvalue weighted by Gasteiger charge is 2.37. The zero-order chi connectivity index (χ0) is 19.2. The standard InChI is InChI=1S/C20H27FN2O4/c1-26-12-2-9-23-14-15(13-19(23)24)20(25)22-10-7-18(8-11-22)27-17-5-3-16(21)4-6-17/h3-6,15,18H,2,7-14H2,1H3/t15-/m1/s1. The zero-order valence-corrected chi connectivity index (χ0v) is 15.7. The molecule has 1 aromatic rings. The number of piperidine rings is 1. The molecular formula is C20H27FN2O4. The molecule has 3 rings (SSSR count). The number of carbonyl (C=O) groups is 2. The summed E-state index contributed by atoms with van der Waals surface area (Å²) in [6, 6.07) is 6.00. The molecule has 0 N–H and O–H groups in total. The van der Waals surface area contributed by atoms with Crippen molar-refractivity contribution in [3.8, 4) is 5.75 Å². The highest BCUT2D eigenvalue weighted by Crippen LogP contribution is 2.24. The van der Waals surface area contributed by atoms with E-state index in [2.05, 4.69) is 0 Å². The molecule has 1 atom stereocenters. The van der Waals surface area contributed by atoms with E-state index in [0.717, 1.165) is 19.3 Å². The van der Waals surface area contributed by atoms with Gasteiger partial charge < -0.3 is 19.3 Å². The second kappa shape index (κ2) is 9.17. The number of hydrogen-bond acceptors (Lipinski definition) is 4. The van der Waals surface area contributed by atoms with Crippen molar-refractivity contribution in [2.24, 2.45) is 5.92 Å². The van der Waals surface area contributed by atoms with Crippen LogP contribution in [0.4, 0.5) is 4.39 Å². The number of amides is 2. The largest absolute Gasteiger partial charge is 0.490 e. The first-order chi connectivity index (χ1) is 13.1. The van der Waals surface area contributed by atoms with Crippen LogP contribution >= 0.6 is 0 Å². The predicted octanol–water partition coefficient (Wildman–Crippen LogP) is 2.08. The summed E-state index contributed by atoms with van der Waals surface area (Å²) in [5.41, 5.74) is 0. The third kappa shape index (κ3) is 5.19. The van der Waals surface area contributed by atoms with Gasteiger partial charge in [0.15, 0.2) is 0 Å². The van der Waals surface area contributed by atoms with E-state index in [4.69, 9.17) is 9.47 Å². The SMILES string of the molecule is COCCCN1C[C@H](C(=O)N2CCC(Oc3ccc(F)cc3)CC2)CC1=O. The summed E-state index contributed by atoms with van der Waals surface area (Å²) < 4.78 is 23.9. The fraction of sp³-hybridized carbons (Fsp3) is 0.600. The van der Waals surface area contributed by atoms with Crippen LogP contribution < -0.4 is 4.74 Å². The minimum Gasteiger partial charge on any atom is -0.490 e. The Kier molecular flexibility index (Phi) is 6.66. The molecule has 1 aromatic carbocycles. The average Bonchev–Trinajstić information content (AvgIpc) is 3.05. The number of hydrogen-bond donors (Lipinski definition) is 0. The normalized spacial score (nSPS) is 21.0. The Morgan fingerprint density at radius 3 is 2.59 bits per heavy atom. The van der Waals surface area contributed by atoms with Crippen LogP contribution in [0.2, 0.25) is 0 Å². The van der Waals surface area contributed by atoms with Crippen molar-refractivity contribution in [2.45, 2.75) is 31.8 Å². The molecule has 0 unspecified atom stereocenters. The number of nitrogens with zero attached hydrogens (tertiary/aromatic N) is 2. The molecular weight excluding hydrogens is 351 g/mol. The zero-order valence-electron chi connectivity index (χ0n) is 15.7. The highest BCUT2D eigenvalue weighted by molar-refractivity contribution is 5.89. The number of halogens is 1. The van der Waals surface area contributed by atoms with Crippen LogP contribution in [0.15, 0.2) is 24.3 Å². The van der Waals surface area contributed by atoms with Crippen molar-refractivity contribution in [3.63, 3.8) is 0 Å². The van der Waals surface area contributed by atoms with Gasteiger partial charge in [0.25, 0.3) is 0 Å². The molecule has 2 amide bonds. The van der Waals surface area contributed by atoms with Crippen molar-refractivity contribution < 1.29 is 23.5 Å². The second-order valence-corrected chi connectivity index (χ2v) is 7.18. The van der Waals surface area contributed by atoms with Gasteiger partial charge in [-0.15, -0.1) is 0 Å². The summed E-state index contributed by atoms with van der Waals surface area (Å²) in [4.78, 5) is 28.5. The molecule has 0 saturated carbocycles. The van der Waals surface area contributed by atoms with E-state index in [1.165, 1.54) is 12.1 Å². The molecule has 7 heteroatoms. The predicted molar refractivity (Wildman–Crippen MR) is 97.8 cm³/mol. The lowest BCUT2D eigenvalue weighted by Crippen LogP contribution is -2.44. The molecule has 0 bridgehead atoms. The first-order valence-corrected chi connectivity index (χ1v) is 9.54. The van der Waals surface area contributed by atoms with Gasteiger partial charge in [0.2, 0.25) is 11.8 Å². The van der Waals surface area contributed by atoms with Crippen molar-refractivity contribution in [2.75, 3.05) is 39.9 Å². The topological polar surface area (TPSA) is 59.1 Å². The van der Waals surface area contributed by atoms with E-state index in [9.17, 15) is 14.0 Å². The quantitative estimate of drug-likeness (QED) is 0.682. The van der Waals surface area contributed by atoms with Crippen LogP contribution in [0.5, 0.6) is 5.75 Å². The van der Waals surface area contributed by atoms with E-state index in [0.29, 0.717) is 45.0 Å².